The molecule has 2 nitrogen and oxygen atoms in total. The summed E-state index contributed by atoms with van der Waals surface area (Å²) in [6.07, 6.45) is 0. The van der Waals surface area contributed by atoms with Gasteiger partial charge in [0, 0.05) is 22.1 Å². The van der Waals surface area contributed by atoms with Gasteiger partial charge in [-0.05, 0) is 29.8 Å². The second kappa shape index (κ2) is 6.77. The monoisotopic (exact) mass is 335 g/mol. The molecule has 108 valence electrons. The zero-order valence-electron chi connectivity index (χ0n) is 11.5. The second-order valence-corrected chi connectivity index (χ2v) is 7.16. The molecule has 0 aromatic heterocycles. The van der Waals surface area contributed by atoms with E-state index in [1.807, 2.05) is 24.3 Å². The van der Waals surface area contributed by atoms with Crippen molar-refractivity contribution < 1.29 is 4.74 Å². The van der Waals surface area contributed by atoms with Gasteiger partial charge in [0.25, 0.3) is 0 Å². The molecule has 1 heterocycles. The molecule has 3 rings (SSSR count). The van der Waals surface area contributed by atoms with Crippen LogP contribution in [0, 0.1) is 0 Å². The third-order valence-corrected chi connectivity index (χ3v) is 5.68. The van der Waals surface area contributed by atoms with Gasteiger partial charge >= 0.3 is 0 Å². The van der Waals surface area contributed by atoms with Crippen LogP contribution in [0.15, 0.2) is 47.5 Å². The van der Waals surface area contributed by atoms with Gasteiger partial charge in [-0.2, -0.15) is 0 Å². The Bertz CT molecular complexity index is 688. The van der Waals surface area contributed by atoms with Crippen molar-refractivity contribution in [3.05, 3.63) is 58.6 Å². The van der Waals surface area contributed by atoms with Crippen molar-refractivity contribution in [1.29, 1.82) is 0 Å². The van der Waals surface area contributed by atoms with Gasteiger partial charge in [-0.1, -0.05) is 53.3 Å². The van der Waals surface area contributed by atoms with Crippen LogP contribution in [0.4, 0.5) is 5.69 Å². The molecule has 0 spiro atoms. The molecule has 0 bridgehead atoms. The summed E-state index contributed by atoms with van der Waals surface area (Å²) in [5.41, 5.74) is 3.47. The van der Waals surface area contributed by atoms with Crippen LogP contribution in [0.5, 0.6) is 5.75 Å². The van der Waals surface area contributed by atoms with E-state index >= 15 is 0 Å². The lowest BCUT2D eigenvalue weighted by molar-refractivity contribution is 0.411. The van der Waals surface area contributed by atoms with E-state index in [4.69, 9.17) is 21.3 Å². The van der Waals surface area contributed by atoms with Crippen molar-refractivity contribution >= 4 is 45.2 Å². The minimum Gasteiger partial charge on any atom is -0.496 e. The molecule has 0 amide bonds. The molecule has 5 heteroatoms. The lowest BCUT2D eigenvalue weighted by Crippen LogP contribution is -1.97. The van der Waals surface area contributed by atoms with Crippen LogP contribution in [-0.2, 0) is 11.5 Å². The summed E-state index contributed by atoms with van der Waals surface area (Å²) >= 11 is 9.57. The standard InChI is InChI=1S/C16H14ClNOS2/c1-19-15-7-6-13(17)8-12(15)10-21-16-18-14-5-3-2-4-11(14)9-20-16/h2-8H,9-10H2,1H3. The molecule has 0 fully saturated rings. The first-order valence-corrected chi connectivity index (χ1v) is 8.86. The highest BCUT2D eigenvalue weighted by atomic mass is 35.5. The summed E-state index contributed by atoms with van der Waals surface area (Å²) in [7, 11) is 1.68. The van der Waals surface area contributed by atoms with Gasteiger partial charge in [0.15, 0.2) is 0 Å². The number of fused-ring (bicyclic) bond motifs is 1. The molecule has 2 aromatic rings. The highest BCUT2D eigenvalue weighted by molar-refractivity contribution is 8.38. The average Bonchev–Trinajstić information content (AvgIpc) is 2.53. The van der Waals surface area contributed by atoms with Crippen molar-refractivity contribution in [3.8, 4) is 5.75 Å². The summed E-state index contributed by atoms with van der Waals surface area (Å²) in [6.45, 7) is 0. The fourth-order valence-electron chi connectivity index (χ4n) is 2.09. The van der Waals surface area contributed by atoms with E-state index in [0.29, 0.717) is 0 Å². The van der Waals surface area contributed by atoms with Gasteiger partial charge < -0.3 is 4.74 Å². The molecule has 0 unspecified atom stereocenters. The number of methoxy groups -OCH3 is 1. The number of thioether (sulfide) groups is 2. The molecular weight excluding hydrogens is 322 g/mol. The fourth-order valence-corrected chi connectivity index (χ4v) is 4.32. The zero-order valence-corrected chi connectivity index (χ0v) is 13.9. The number of aliphatic imine (C=N–C) groups is 1. The minimum absolute atomic E-state index is 0.731. The predicted molar refractivity (Wildman–Crippen MR) is 94.1 cm³/mol. The Balaban J connectivity index is 1.74. The van der Waals surface area contributed by atoms with Gasteiger partial charge in [0.2, 0.25) is 0 Å². The van der Waals surface area contributed by atoms with Crippen LogP contribution in [0.3, 0.4) is 0 Å². The smallest absolute Gasteiger partial charge is 0.131 e. The lowest BCUT2D eigenvalue weighted by atomic mass is 10.2. The first-order valence-electron chi connectivity index (χ1n) is 6.51. The number of benzene rings is 2. The number of rotatable bonds is 3. The first-order chi connectivity index (χ1) is 10.3. The topological polar surface area (TPSA) is 21.6 Å². The maximum Gasteiger partial charge on any atom is 0.131 e. The largest absolute Gasteiger partial charge is 0.496 e. The van der Waals surface area contributed by atoms with E-state index in [1.54, 1.807) is 30.6 Å². The summed E-state index contributed by atoms with van der Waals surface area (Å²) in [4.78, 5) is 4.71. The van der Waals surface area contributed by atoms with Crippen LogP contribution in [0.25, 0.3) is 0 Å². The fraction of sp³-hybridized carbons (Fsp3) is 0.188. The van der Waals surface area contributed by atoms with Gasteiger partial charge in [0.05, 0.1) is 12.8 Å². The number of para-hydroxylation sites is 1. The molecule has 21 heavy (non-hydrogen) atoms. The molecule has 0 aliphatic carbocycles. The molecule has 0 atom stereocenters. The molecule has 0 N–H and O–H groups in total. The summed E-state index contributed by atoms with van der Waals surface area (Å²) in [5, 5.41) is 0.731. The third kappa shape index (κ3) is 3.57. The van der Waals surface area contributed by atoms with Crippen LogP contribution < -0.4 is 4.74 Å². The Morgan fingerprint density at radius 3 is 3.00 bits per heavy atom. The lowest BCUT2D eigenvalue weighted by Gasteiger charge is -2.15. The van der Waals surface area contributed by atoms with Crippen molar-refractivity contribution in [1.82, 2.24) is 0 Å². The van der Waals surface area contributed by atoms with Crippen LogP contribution in [-0.4, -0.2) is 11.5 Å². The average molecular weight is 336 g/mol. The molecule has 0 saturated heterocycles. The Labute approximate surface area is 138 Å². The highest BCUT2D eigenvalue weighted by Crippen LogP contribution is 2.36. The van der Waals surface area contributed by atoms with Gasteiger partial charge in [0.1, 0.15) is 10.1 Å². The number of halogens is 1. The second-order valence-electron chi connectivity index (χ2n) is 4.54. The molecule has 0 radical (unpaired) electrons. The van der Waals surface area contributed by atoms with Gasteiger partial charge in [-0.25, -0.2) is 4.99 Å². The van der Waals surface area contributed by atoms with Gasteiger partial charge in [-0.3, -0.25) is 0 Å². The van der Waals surface area contributed by atoms with Gasteiger partial charge in [-0.15, -0.1) is 0 Å². The maximum atomic E-state index is 6.06. The number of hydrogen-bond acceptors (Lipinski definition) is 4. The van der Waals surface area contributed by atoms with E-state index in [0.717, 1.165) is 37.9 Å². The summed E-state index contributed by atoms with van der Waals surface area (Å²) in [6, 6.07) is 14.0. The quantitative estimate of drug-likeness (QED) is 0.737. The van der Waals surface area contributed by atoms with Crippen molar-refractivity contribution in [2.75, 3.05) is 7.11 Å². The number of hydrogen-bond donors (Lipinski definition) is 0. The molecule has 2 aromatic carbocycles. The number of nitrogens with zero attached hydrogens (tertiary/aromatic N) is 1. The van der Waals surface area contributed by atoms with E-state index in [2.05, 4.69) is 18.2 Å². The minimum atomic E-state index is 0.731. The molecular formula is C16H14ClNOS2. The zero-order chi connectivity index (χ0) is 14.7. The molecule has 1 aliphatic rings. The van der Waals surface area contributed by atoms with Crippen molar-refractivity contribution in [2.45, 2.75) is 11.5 Å². The van der Waals surface area contributed by atoms with Crippen LogP contribution >= 0.6 is 35.1 Å². The SMILES string of the molecule is COc1ccc(Cl)cc1CSC1=Nc2ccccc2CS1. The molecule has 1 aliphatic heterocycles. The van der Waals surface area contributed by atoms with Crippen molar-refractivity contribution in [3.63, 3.8) is 0 Å². The van der Waals surface area contributed by atoms with E-state index in [9.17, 15) is 0 Å². The van der Waals surface area contributed by atoms with E-state index < -0.39 is 0 Å². The Morgan fingerprint density at radius 1 is 1.29 bits per heavy atom. The normalized spacial score (nSPS) is 13.5. The molecule has 0 saturated carbocycles. The van der Waals surface area contributed by atoms with E-state index in [1.165, 1.54) is 5.56 Å². The Morgan fingerprint density at radius 2 is 2.14 bits per heavy atom. The maximum absolute atomic E-state index is 6.06. The third-order valence-electron chi connectivity index (χ3n) is 3.15. The van der Waals surface area contributed by atoms with Crippen LogP contribution in [0.1, 0.15) is 11.1 Å². The van der Waals surface area contributed by atoms with E-state index in [-0.39, 0.29) is 0 Å². The number of ether oxygens (including phenoxy) is 1. The summed E-state index contributed by atoms with van der Waals surface area (Å²) < 4.78 is 6.47. The highest BCUT2D eigenvalue weighted by Gasteiger charge is 2.13. The Kier molecular flexibility index (Phi) is 4.78. The Hall–Kier alpha value is -1.10. The van der Waals surface area contributed by atoms with Crippen molar-refractivity contribution in [2.24, 2.45) is 4.99 Å². The summed E-state index contributed by atoms with van der Waals surface area (Å²) in [5.74, 6) is 2.65. The van der Waals surface area contributed by atoms with Crippen LogP contribution in [0.2, 0.25) is 5.02 Å². The first kappa shape index (κ1) is 14.8. The predicted octanol–water partition coefficient (Wildman–Crippen LogP) is 5.52.